The van der Waals surface area contributed by atoms with Crippen LogP contribution in [0.3, 0.4) is 0 Å². The van der Waals surface area contributed by atoms with Crippen molar-refractivity contribution in [1.82, 2.24) is 0 Å². The van der Waals surface area contributed by atoms with E-state index < -0.39 is 0 Å². The molecule has 0 amide bonds. The maximum atomic E-state index is 2.57. The largest absolute Gasteiger partial charge is 0.310 e. The Morgan fingerprint density at radius 1 is 0.463 bits per heavy atom. The molecule has 2 nitrogen and oxygen atoms in total. The lowest BCUT2D eigenvalue weighted by molar-refractivity contribution is 0.499. The van der Waals surface area contributed by atoms with Crippen LogP contribution in [-0.4, -0.2) is 0 Å². The number of para-hydroxylation sites is 3. The van der Waals surface area contributed by atoms with E-state index in [1.807, 2.05) is 0 Å². The zero-order chi connectivity index (χ0) is 45.2. The van der Waals surface area contributed by atoms with Crippen molar-refractivity contribution in [1.29, 1.82) is 0 Å². The van der Waals surface area contributed by atoms with Gasteiger partial charge in [-0.1, -0.05) is 174 Å². The van der Waals surface area contributed by atoms with Crippen molar-refractivity contribution < 1.29 is 0 Å². The molecule has 0 aromatic heterocycles. The molecule has 2 aliphatic carbocycles. The summed E-state index contributed by atoms with van der Waals surface area (Å²) in [5, 5.41) is 7.52. The fourth-order valence-corrected chi connectivity index (χ4v) is 12.7. The van der Waals surface area contributed by atoms with Crippen LogP contribution in [0.1, 0.15) is 75.3 Å². The lowest BCUT2D eigenvalue weighted by atomic mass is 9.67. The van der Waals surface area contributed by atoms with Gasteiger partial charge in [-0.3, -0.25) is 0 Å². The van der Waals surface area contributed by atoms with Crippen LogP contribution in [0, 0.1) is 5.92 Å². The fourth-order valence-electron chi connectivity index (χ4n) is 12.7. The minimum Gasteiger partial charge on any atom is -0.310 e. The van der Waals surface area contributed by atoms with Crippen molar-refractivity contribution in [3.05, 3.63) is 227 Å². The van der Waals surface area contributed by atoms with E-state index in [2.05, 4.69) is 239 Å². The monoisotopic (exact) mass is 862 g/mol. The first-order chi connectivity index (χ1) is 32.7. The first-order valence-corrected chi connectivity index (χ1v) is 24.3. The van der Waals surface area contributed by atoms with Gasteiger partial charge in [-0.15, -0.1) is 0 Å². The predicted molar refractivity (Wildman–Crippen MR) is 286 cm³/mol. The molecule has 0 saturated carbocycles. The van der Waals surface area contributed by atoms with E-state index in [1.165, 1.54) is 116 Å². The van der Waals surface area contributed by atoms with E-state index in [0.717, 1.165) is 24.9 Å². The Hall–Kier alpha value is -7.42. The van der Waals surface area contributed by atoms with E-state index in [4.69, 9.17) is 0 Å². The van der Waals surface area contributed by atoms with E-state index in [-0.39, 0.29) is 10.8 Å². The number of nitrogens with zero attached hydrogens (tertiary/aromatic N) is 2. The molecule has 0 saturated heterocycles. The average Bonchev–Trinajstić information content (AvgIpc) is 3.35. The van der Waals surface area contributed by atoms with Crippen LogP contribution >= 0.6 is 0 Å². The Labute approximate surface area is 394 Å². The van der Waals surface area contributed by atoms with Crippen molar-refractivity contribution >= 4 is 66.8 Å². The molecule has 0 bridgehead atoms. The molecule has 9 aromatic carbocycles. The number of allylic oxidation sites excluding steroid dienone is 4. The summed E-state index contributed by atoms with van der Waals surface area (Å²) >= 11 is 0. The molecule has 13 rings (SSSR count). The molecule has 0 radical (unpaired) electrons. The highest BCUT2D eigenvalue weighted by molar-refractivity contribution is 6.23. The van der Waals surface area contributed by atoms with Gasteiger partial charge in [0.1, 0.15) is 0 Å². The van der Waals surface area contributed by atoms with Gasteiger partial charge in [-0.25, -0.2) is 0 Å². The third-order valence-corrected chi connectivity index (χ3v) is 15.9. The van der Waals surface area contributed by atoms with Gasteiger partial charge in [0.05, 0.1) is 17.1 Å². The van der Waals surface area contributed by atoms with Crippen LogP contribution in [0.4, 0.5) is 28.4 Å². The molecule has 0 N–H and O–H groups in total. The van der Waals surface area contributed by atoms with Gasteiger partial charge < -0.3 is 9.80 Å². The molecule has 0 spiro atoms. The lowest BCUT2D eigenvalue weighted by Gasteiger charge is -2.46. The lowest BCUT2D eigenvalue weighted by Crippen LogP contribution is -2.37. The second-order valence-corrected chi connectivity index (χ2v) is 20.4. The summed E-state index contributed by atoms with van der Waals surface area (Å²) in [6.07, 6.45) is 12.6. The van der Waals surface area contributed by atoms with E-state index in [1.54, 1.807) is 0 Å². The zero-order valence-electron chi connectivity index (χ0n) is 39.1. The van der Waals surface area contributed by atoms with E-state index >= 15 is 0 Å². The third-order valence-electron chi connectivity index (χ3n) is 15.9. The second-order valence-electron chi connectivity index (χ2n) is 20.4. The minimum atomic E-state index is -0.146. The number of aryl methyl sites for hydroxylation is 1. The summed E-state index contributed by atoms with van der Waals surface area (Å²) in [7, 11) is 0. The molecule has 324 valence electrons. The van der Waals surface area contributed by atoms with Gasteiger partial charge in [0.15, 0.2) is 0 Å². The Balaban J connectivity index is 1.14. The topological polar surface area (TPSA) is 6.48 Å². The quantitative estimate of drug-likeness (QED) is 0.163. The van der Waals surface area contributed by atoms with Crippen LogP contribution in [0.15, 0.2) is 199 Å². The van der Waals surface area contributed by atoms with E-state index in [9.17, 15) is 0 Å². The first kappa shape index (κ1) is 39.9. The normalized spacial score (nSPS) is 17.6. The highest BCUT2D eigenvalue weighted by atomic mass is 15.2. The maximum Gasteiger partial charge on any atom is 0.0502 e. The molecule has 0 fully saturated rings. The number of fused-ring (bicyclic) bond motifs is 7. The maximum absolute atomic E-state index is 2.57. The fraction of sp³-hybridized carbons (Fsp3) is 0.169. The second kappa shape index (κ2) is 14.8. The highest BCUT2D eigenvalue weighted by Crippen LogP contribution is 2.56. The SMILES string of the molecule is CC1CC=CC2=C1C(C)(C)c1ccccc1N2c1ccc2c(-c3ccc4ccccc4c3)c3cc(N4c5ccccc5C(C)(C)c5ccccc54)ccc3c(-c3ccc4c(c3)CCC=C4)c2c1. The zero-order valence-corrected chi connectivity index (χ0v) is 39.1. The number of hydrogen-bond acceptors (Lipinski definition) is 2. The smallest absolute Gasteiger partial charge is 0.0502 e. The van der Waals surface area contributed by atoms with Gasteiger partial charge in [-0.2, -0.15) is 0 Å². The number of benzene rings is 9. The molecule has 1 unspecified atom stereocenters. The predicted octanol–water partition coefficient (Wildman–Crippen LogP) is 17.8. The Kier molecular flexibility index (Phi) is 8.81. The van der Waals surface area contributed by atoms with Crippen molar-refractivity contribution in [3.8, 4) is 22.3 Å². The Morgan fingerprint density at radius 2 is 1.01 bits per heavy atom. The average molecular weight is 863 g/mol. The van der Waals surface area contributed by atoms with Crippen molar-refractivity contribution in [2.45, 2.75) is 64.7 Å². The van der Waals surface area contributed by atoms with Gasteiger partial charge >= 0.3 is 0 Å². The van der Waals surface area contributed by atoms with Crippen molar-refractivity contribution in [2.24, 2.45) is 5.92 Å². The highest BCUT2D eigenvalue weighted by Gasteiger charge is 2.41. The molecule has 4 aliphatic rings. The molecule has 2 aliphatic heterocycles. The Morgan fingerprint density at radius 3 is 1.69 bits per heavy atom. The van der Waals surface area contributed by atoms with Gasteiger partial charge in [0, 0.05) is 27.9 Å². The third kappa shape index (κ3) is 5.95. The number of hydrogen-bond donors (Lipinski definition) is 0. The summed E-state index contributed by atoms with van der Waals surface area (Å²) < 4.78 is 0. The molecule has 67 heavy (non-hydrogen) atoms. The summed E-state index contributed by atoms with van der Waals surface area (Å²) in [5.41, 5.74) is 20.5. The number of rotatable bonds is 4. The molecule has 1 atom stereocenters. The van der Waals surface area contributed by atoms with Crippen LogP contribution in [0.25, 0.3) is 60.6 Å². The van der Waals surface area contributed by atoms with Crippen LogP contribution in [0.2, 0.25) is 0 Å². The summed E-state index contributed by atoms with van der Waals surface area (Å²) in [6.45, 7) is 12.0. The first-order valence-electron chi connectivity index (χ1n) is 24.3. The molecular formula is C65H54N2. The van der Waals surface area contributed by atoms with Crippen molar-refractivity contribution in [2.75, 3.05) is 9.80 Å². The molecule has 2 heteroatoms. The molecule has 9 aromatic rings. The van der Waals surface area contributed by atoms with E-state index in [0.29, 0.717) is 5.92 Å². The minimum absolute atomic E-state index is 0.0888. The standard InChI is InChI=1S/C65H54N2/c1-41-17-16-28-60-63(41)65(4,5)56-24-12-15-27-59(56)67(60)49-34-36-51-53(40-49)62(47-32-30-43-19-7-9-21-45(43)38-47)50-35-33-48(39-52(50)61(51)46-31-29-42-18-6-8-20-44(42)37-46)66-57-25-13-10-22-54(57)64(2,3)55-23-11-14-26-58(55)66/h6-8,10-16,18-20,22-41H,9,17,21H2,1-5H3. The molecule has 2 heterocycles. The van der Waals surface area contributed by atoms with Gasteiger partial charge in [0.2, 0.25) is 0 Å². The van der Waals surface area contributed by atoms with Crippen LogP contribution in [-0.2, 0) is 17.3 Å². The van der Waals surface area contributed by atoms with Crippen LogP contribution in [0.5, 0.6) is 0 Å². The summed E-state index contributed by atoms with van der Waals surface area (Å²) in [6, 6.07) is 64.9. The summed E-state index contributed by atoms with van der Waals surface area (Å²) in [5.74, 6) is 0.439. The van der Waals surface area contributed by atoms with Gasteiger partial charge in [-0.05, 0) is 168 Å². The number of anilines is 5. The summed E-state index contributed by atoms with van der Waals surface area (Å²) in [4.78, 5) is 5.08. The van der Waals surface area contributed by atoms with Gasteiger partial charge in [0.25, 0.3) is 0 Å². The Bertz CT molecular complexity index is 3600. The molecular weight excluding hydrogens is 809 g/mol. The van der Waals surface area contributed by atoms with Crippen LogP contribution < -0.4 is 9.80 Å². The van der Waals surface area contributed by atoms with Crippen molar-refractivity contribution in [3.63, 3.8) is 0 Å².